The van der Waals surface area contributed by atoms with Crippen LogP contribution in [0, 0.1) is 18.7 Å². The number of hydrogen-bond donors (Lipinski definition) is 2. The minimum atomic E-state index is -2.35. The zero-order valence-corrected chi connectivity index (χ0v) is 21.3. The molecule has 1 atom stereocenters. The Labute approximate surface area is 206 Å². The molecule has 1 unspecified atom stereocenters. The Hall–Kier alpha value is -2.85. The molecule has 0 saturated heterocycles. The van der Waals surface area contributed by atoms with Gasteiger partial charge in [0.2, 0.25) is 0 Å². The Morgan fingerprint density at radius 2 is 1.97 bits per heavy atom. The van der Waals surface area contributed by atoms with Gasteiger partial charge in [-0.2, -0.15) is 0 Å². The summed E-state index contributed by atoms with van der Waals surface area (Å²) in [7, 11) is 1.95. The van der Waals surface area contributed by atoms with Crippen molar-refractivity contribution in [2.24, 2.45) is 9.12 Å². The van der Waals surface area contributed by atoms with Crippen LogP contribution in [-0.4, -0.2) is 39.4 Å². The summed E-state index contributed by atoms with van der Waals surface area (Å²) < 4.78 is 21.6. The molecule has 6 nitrogen and oxygen atoms in total. The van der Waals surface area contributed by atoms with Crippen molar-refractivity contribution in [3.8, 4) is 11.3 Å². The van der Waals surface area contributed by atoms with Crippen molar-refractivity contribution in [1.82, 2.24) is 15.1 Å². The van der Waals surface area contributed by atoms with Gasteiger partial charge in [-0.3, -0.25) is 0 Å². The molecule has 8 heteroatoms. The zero-order valence-electron chi connectivity index (χ0n) is 19.2. The number of carbonyl (C=O) groups is 1. The molecule has 2 N–H and O–H groups in total. The number of halogens is 2. The van der Waals surface area contributed by atoms with Gasteiger partial charge in [0.05, 0.1) is 0 Å². The van der Waals surface area contributed by atoms with Crippen LogP contribution in [-0.2, 0) is 15.8 Å². The normalized spacial score (nSPS) is 18.4. The van der Waals surface area contributed by atoms with Crippen molar-refractivity contribution in [1.29, 1.82) is 0 Å². The maximum absolute atomic E-state index is 13.6. The first-order valence-corrected chi connectivity index (χ1v) is 14.9. The molecular formula is C26H27FIN5O. The molecule has 2 aliphatic rings. The summed E-state index contributed by atoms with van der Waals surface area (Å²) in [5.41, 5.74) is 5.65. The van der Waals surface area contributed by atoms with Gasteiger partial charge in [0.1, 0.15) is 0 Å². The van der Waals surface area contributed by atoms with E-state index in [1.54, 1.807) is 18.2 Å². The molecule has 3 heterocycles. The molecule has 1 aromatic heterocycles. The second kappa shape index (κ2) is 9.79. The van der Waals surface area contributed by atoms with Crippen LogP contribution in [0.2, 0.25) is 0 Å². The third-order valence-corrected chi connectivity index (χ3v) is 10.4. The molecule has 176 valence electrons. The predicted octanol–water partition coefficient (Wildman–Crippen LogP) is 4.77. The number of allylic oxidation sites excluding steroid dienone is 2. The van der Waals surface area contributed by atoms with E-state index in [2.05, 4.69) is 29.7 Å². The number of benzene rings is 2. The molecule has 3 aromatic rings. The van der Waals surface area contributed by atoms with Crippen LogP contribution >= 0.6 is 20.1 Å². The average molecular weight is 571 g/mol. The zero-order chi connectivity index (χ0) is 23.7. The van der Waals surface area contributed by atoms with Gasteiger partial charge in [0.15, 0.2) is 0 Å². The van der Waals surface area contributed by atoms with Crippen LogP contribution in [0.5, 0.6) is 0 Å². The van der Waals surface area contributed by atoms with Gasteiger partial charge in [0.25, 0.3) is 0 Å². The van der Waals surface area contributed by atoms with Crippen molar-refractivity contribution >= 4 is 35.4 Å². The molecule has 0 saturated carbocycles. The number of carbonyl (C=O) groups excluding carboxylic acids is 1. The standard InChI is InChI=1S/C26H27FIN5O/c1-17-5-3-4-6-20(17)13-28-23(34)12-11-22(31-28)24-25(19-7-9-21(27)10-8-19)32-33-16-18(14-29-2)15-30-26(24)33/h3-12,18,29-30H,13-16H2,1-2H3. The fourth-order valence-corrected chi connectivity index (χ4v) is 8.36. The number of aryl methyl sites for hydroxylation is 1. The molecule has 2 aromatic carbocycles. The van der Waals surface area contributed by atoms with Crippen LogP contribution < -0.4 is 10.6 Å². The van der Waals surface area contributed by atoms with Crippen LogP contribution in [0.1, 0.15) is 16.7 Å². The average Bonchev–Trinajstić information content (AvgIpc) is 3.21. The van der Waals surface area contributed by atoms with E-state index in [4.69, 9.17) is 8.30 Å². The van der Waals surface area contributed by atoms with Gasteiger partial charge < -0.3 is 0 Å². The van der Waals surface area contributed by atoms with Crippen molar-refractivity contribution in [3.05, 3.63) is 83.2 Å². The second-order valence-corrected chi connectivity index (χ2v) is 12.8. The van der Waals surface area contributed by atoms with Crippen LogP contribution in [0.25, 0.3) is 11.3 Å². The van der Waals surface area contributed by atoms with E-state index in [-0.39, 0.29) is 9.61 Å². The van der Waals surface area contributed by atoms with E-state index in [0.717, 1.165) is 48.0 Å². The topological polar surface area (TPSA) is 71.3 Å². The SMILES string of the molecule is CNCC1CNc2c(C3=NI(Cc4ccccc4C)C(=O)C=C3)c(-c3ccc(F)cc3)nn2C1. The van der Waals surface area contributed by atoms with Crippen LogP contribution in [0.15, 0.2) is 63.9 Å². The first-order chi connectivity index (χ1) is 16.5. The number of anilines is 1. The summed E-state index contributed by atoms with van der Waals surface area (Å²) in [4.78, 5) is 12.8. The number of rotatable bonds is 6. The molecule has 0 aliphatic carbocycles. The van der Waals surface area contributed by atoms with Gasteiger partial charge in [0, 0.05) is 0 Å². The minimum absolute atomic E-state index is 0.155. The van der Waals surface area contributed by atoms with Crippen LogP contribution in [0.3, 0.4) is 0 Å². The molecule has 34 heavy (non-hydrogen) atoms. The number of aromatic nitrogens is 2. The summed E-state index contributed by atoms with van der Waals surface area (Å²) in [5.74, 6) is 1.03. The van der Waals surface area contributed by atoms with Gasteiger partial charge in [-0.15, -0.1) is 0 Å². The summed E-state index contributed by atoms with van der Waals surface area (Å²) >= 11 is -2.35. The quantitative estimate of drug-likeness (QED) is 0.254. The first kappa shape index (κ1) is 22.9. The number of fused-ring (bicyclic) bond motifs is 1. The molecule has 0 spiro atoms. The Kier molecular flexibility index (Phi) is 6.60. The van der Waals surface area contributed by atoms with Crippen molar-refractivity contribution in [2.75, 3.05) is 25.5 Å². The van der Waals surface area contributed by atoms with Gasteiger partial charge in [-0.25, -0.2) is 0 Å². The van der Waals surface area contributed by atoms with E-state index in [9.17, 15) is 9.18 Å². The third kappa shape index (κ3) is 4.56. The van der Waals surface area contributed by atoms with Gasteiger partial charge >= 0.3 is 207 Å². The first-order valence-electron chi connectivity index (χ1n) is 11.3. The molecule has 0 amide bonds. The summed E-state index contributed by atoms with van der Waals surface area (Å²) in [6.07, 6.45) is 3.51. The van der Waals surface area contributed by atoms with Gasteiger partial charge in [-0.1, -0.05) is 0 Å². The monoisotopic (exact) mass is 571 g/mol. The van der Waals surface area contributed by atoms with E-state index in [0.29, 0.717) is 10.3 Å². The Balaban J connectivity index is 1.57. The number of nitrogens with one attached hydrogen (secondary N) is 2. The fraction of sp³-hybridized carbons (Fsp3) is 0.269. The van der Waals surface area contributed by atoms with E-state index in [1.807, 2.05) is 29.9 Å². The van der Waals surface area contributed by atoms with Crippen molar-refractivity contribution < 1.29 is 9.18 Å². The molecule has 0 radical (unpaired) electrons. The predicted molar refractivity (Wildman–Crippen MR) is 143 cm³/mol. The van der Waals surface area contributed by atoms with Crippen molar-refractivity contribution in [2.45, 2.75) is 17.9 Å². The number of alkyl halides is 1. The summed E-state index contributed by atoms with van der Waals surface area (Å²) in [5, 5.41) is 11.7. The number of nitrogens with zero attached hydrogens (tertiary/aromatic N) is 3. The summed E-state index contributed by atoms with van der Waals surface area (Å²) in [6.45, 7) is 4.56. The van der Waals surface area contributed by atoms with Crippen LogP contribution in [0.4, 0.5) is 10.2 Å². The molecule has 0 bridgehead atoms. The van der Waals surface area contributed by atoms with E-state index < -0.39 is 20.1 Å². The Morgan fingerprint density at radius 1 is 1.18 bits per heavy atom. The number of hydrogen-bond acceptors (Lipinski definition) is 5. The molecule has 0 fully saturated rings. The second-order valence-electron chi connectivity index (χ2n) is 8.57. The molecular weight excluding hydrogens is 544 g/mol. The summed E-state index contributed by atoms with van der Waals surface area (Å²) in [6, 6.07) is 14.6. The fourth-order valence-electron chi connectivity index (χ4n) is 4.32. The van der Waals surface area contributed by atoms with E-state index >= 15 is 0 Å². The maximum atomic E-state index is 13.6. The third-order valence-electron chi connectivity index (χ3n) is 6.12. The van der Waals surface area contributed by atoms with E-state index in [1.165, 1.54) is 23.3 Å². The molecule has 2 aliphatic heterocycles. The Bertz CT molecular complexity index is 1280. The Morgan fingerprint density at radius 3 is 2.74 bits per heavy atom. The molecule has 5 rings (SSSR count). The van der Waals surface area contributed by atoms with Gasteiger partial charge in [-0.05, 0) is 0 Å². The van der Waals surface area contributed by atoms with Crippen molar-refractivity contribution in [3.63, 3.8) is 0 Å².